The fourth-order valence-corrected chi connectivity index (χ4v) is 3.38. The Balaban J connectivity index is 1.72. The number of anilines is 1. The van der Waals surface area contributed by atoms with E-state index in [4.69, 9.17) is 4.98 Å². The Morgan fingerprint density at radius 1 is 1.21 bits per heavy atom. The van der Waals surface area contributed by atoms with Crippen LogP contribution in [0.4, 0.5) is 5.82 Å². The molecule has 0 saturated carbocycles. The number of aryl methyl sites for hydroxylation is 1. The molecule has 2 heterocycles. The normalized spacial score (nSPS) is 15.7. The van der Waals surface area contributed by atoms with Crippen molar-refractivity contribution < 1.29 is 0 Å². The van der Waals surface area contributed by atoms with E-state index >= 15 is 0 Å². The molecule has 0 radical (unpaired) electrons. The first kappa shape index (κ1) is 17.2. The van der Waals surface area contributed by atoms with E-state index in [1.165, 1.54) is 29.5 Å². The monoisotopic (exact) mass is 342 g/mol. The Kier molecular flexibility index (Phi) is 5.74. The largest absolute Gasteiger partial charge is 0.356 e. The summed E-state index contributed by atoms with van der Waals surface area (Å²) in [5.41, 5.74) is 3.79. The van der Waals surface area contributed by atoms with E-state index in [9.17, 15) is 0 Å². The molecule has 0 aliphatic carbocycles. The lowest BCUT2D eigenvalue weighted by molar-refractivity contribution is 0.571. The first-order valence-electron chi connectivity index (χ1n) is 8.62. The van der Waals surface area contributed by atoms with Gasteiger partial charge in [-0.15, -0.1) is 0 Å². The second-order valence-corrected chi connectivity index (χ2v) is 7.19. The lowest BCUT2D eigenvalue weighted by atomic mass is 10.1. The van der Waals surface area contributed by atoms with E-state index in [2.05, 4.69) is 53.3 Å². The van der Waals surface area contributed by atoms with Gasteiger partial charge < -0.3 is 10.2 Å². The maximum absolute atomic E-state index is 4.77. The van der Waals surface area contributed by atoms with Crippen molar-refractivity contribution >= 4 is 17.6 Å². The number of hydrogen-bond acceptors (Lipinski definition) is 5. The highest BCUT2D eigenvalue weighted by Gasteiger charge is 2.18. The number of benzene rings is 1. The number of aromatic nitrogens is 2. The number of rotatable bonds is 6. The van der Waals surface area contributed by atoms with Crippen molar-refractivity contribution in [3.05, 3.63) is 47.2 Å². The van der Waals surface area contributed by atoms with Crippen LogP contribution in [-0.4, -0.2) is 29.3 Å². The smallest absolute Gasteiger partial charge is 0.189 e. The highest BCUT2D eigenvalue weighted by Crippen LogP contribution is 2.25. The molecule has 1 aliphatic rings. The van der Waals surface area contributed by atoms with Gasteiger partial charge in [-0.2, -0.15) is 0 Å². The van der Waals surface area contributed by atoms with Crippen molar-refractivity contribution in [2.24, 2.45) is 0 Å². The zero-order chi connectivity index (χ0) is 16.9. The van der Waals surface area contributed by atoms with E-state index < -0.39 is 0 Å². The molecule has 128 valence electrons. The fraction of sp³-hybridized carbons (Fsp3) is 0.474. The van der Waals surface area contributed by atoms with Gasteiger partial charge in [-0.25, -0.2) is 9.97 Å². The summed E-state index contributed by atoms with van der Waals surface area (Å²) in [4.78, 5) is 11.6. The Morgan fingerprint density at radius 3 is 2.58 bits per heavy atom. The lowest BCUT2D eigenvalue weighted by Crippen LogP contribution is -2.24. The average Bonchev–Trinajstić information content (AvgIpc) is 3.14. The zero-order valence-corrected chi connectivity index (χ0v) is 15.6. The molecular formula is C19H26N4S. The van der Waals surface area contributed by atoms with Crippen LogP contribution in [0.15, 0.2) is 35.6 Å². The molecule has 1 fully saturated rings. The summed E-state index contributed by atoms with van der Waals surface area (Å²) < 4.78 is 0. The molecule has 1 atom stereocenters. The topological polar surface area (TPSA) is 41.1 Å². The lowest BCUT2D eigenvalue weighted by Gasteiger charge is -2.22. The molecule has 2 aromatic rings. The van der Waals surface area contributed by atoms with Crippen LogP contribution >= 0.6 is 11.8 Å². The van der Waals surface area contributed by atoms with Crippen molar-refractivity contribution in [2.45, 2.75) is 44.4 Å². The summed E-state index contributed by atoms with van der Waals surface area (Å²) in [5, 5.41) is 4.48. The van der Waals surface area contributed by atoms with E-state index in [0.717, 1.165) is 30.6 Å². The standard InChI is InChI=1S/C19H26N4S/c1-14-6-8-16(9-7-14)15(2)20-12-17-13-21-19(24-3)22-18(17)23-10-4-5-11-23/h6-9,13,15,20H,4-5,10-12H2,1-3H3/t15-/m1/s1. The summed E-state index contributed by atoms with van der Waals surface area (Å²) in [6, 6.07) is 9.03. The molecule has 3 rings (SSSR count). The van der Waals surface area contributed by atoms with Crippen LogP contribution in [0.3, 0.4) is 0 Å². The fourth-order valence-electron chi connectivity index (χ4n) is 3.04. The first-order valence-corrected chi connectivity index (χ1v) is 9.84. The third-order valence-corrected chi connectivity index (χ3v) is 5.15. The summed E-state index contributed by atoms with van der Waals surface area (Å²) in [5.74, 6) is 1.11. The van der Waals surface area contributed by atoms with Gasteiger partial charge in [0.2, 0.25) is 0 Å². The van der Waals surface area contributed by atoms with Crippen molar-refractivity contribution in [3.63, 3.8) is 0 Å². The van der Waals surface area contributed by atoms with Gasteiger partial charge in [0.1, 0.15) is 5.82 Å². The molecule has 1 aromatic carbocycles. The van der Waals surface area contributed by atoms with Crippen molar-refractivity contribution in [3.8, 4) is 0 Å². The molecule has 1 aliphatic heterocycles. The quantitative estimate of drug-likeness (QED) is 0.636. The van der Waals surface area contributed by atoms with Gasteiger partial charge in [-0.1, -0.05) is 41.6 Å². The Morgan fingerprint density at radius 2 is 1.92 bits per heavy atom. The number of nitrogens with one attached hydrogen (secondary N) is 1. The van der Waals surface area contributed by atoms with Gasteiger partial charge in [-0.3, -0.25) is 0 Å². The van der Waals surface area contributed by atoms with Crippen molar-refractivity contribution in [1.82, 2.24) is 15.3 Å². The molecule has 0 unspecified atom stereocenters. The highest BCUT2D eigenvalue weighted by molar-refractivity contribution is 7.98. The zero-order valence-electron chi connectivity index (χ0n) is 14.7. The Labute approximate surface area is 149 Å². The SMILES string of the molecule is CSc1ncc(CN[C@H](C)c2ccc(C)cc2)c(N2CCCC2)n1. The van der Waals surface area contributed by atoms with E-state index in [0.29, 0.717) is 6.04 Å². The molecule has 1 N–H and O–H groups in total. The second-order valence-electron chi connectivity index (χ2n) is 6.41. The summed E-state index contributed by atoms with van der Waals surface area (Å²) in [6.07, 6.45) is 6.53. The molecule has 24 heavy (non-hydrogen) atoms. The third-order valence-electron chi connectivity index (χ3n) is 4.58. The van der Waals surface area contributed by atoms with Crippen LogP contribution in [0, 0.1) is 6.92 Å². The van der Waals surface area contributed by atoms with Gasteiger partial charge in [0, 0.05) is 37.4 Å². The minimum Gasteiger partial charge on any atom is -0.356 e. The maximum Gasteiger partial charge on any atom is 0.189 e. The number of nitrogens with zero attached hydrogens (tertiary/aromatic N) is 3. The highest BCUT2D eigenvalue weighted by atomic mass is 32.2. The maximum atomic E-state index is 4.77. The van der Waals surface area contributed by atoms with Crippen molar-refractivity contribution in [2.75, 3.05) is 24.2 Å². The summed E-state index contributed by atoms with van der Waals surface area (Å²) >= 11 is 1.60. The Bertz CT molecular complexity index is 666. The molecule has 1 saturated heterocycles. The predicted octanol–water partition coefficient (Wildman–Crippen LogP) is 3.96. The summed E-state index contributed by atoms with van der Waals surface area (Å²) in [7, 11) is 0. The Hall–Kier alpha value is -1.59. The number of hydrogen-bond donors (Lipinski definition) is 1. The van der Waals surface area contributed by atoms with E-state index in [1.54, 1.807) is 11.8 Å². The van der Waals surface area contributed by atoms with Crippen LogP contribution < -0.4 is 10.2 Å². The molecule has 0 bridgehead atoms. The molecule has 0 amide bonds. The third kappa shape index (κ3) is 4.08. The van der Waals surface area contributed by atoms with Gasteiger partial charge in [-0.05, 0) is 38.5 Å². The molecule has 5 heteroatoms. The first-order chi connectivity index (χ1) is 11.7. The molecular weight excluding hydrogens is 316 g/mol. The minimum absolute atomic E-state index is 0.303. The van der Waals surface area contributed by atoms with Crippen LogP contribution in [0.5, 0.6) is 0 Å². The van der Waals surface area contributed by atoms with Gasteiger partial charge >= 0.3 is 0 Å². The van der Waals surface area contributed by atoms with Crippen LogP contribution in [0.1, 0.15) is 42.5 Å². The van der Waals surface area contributed by atoms with Gasteiger partial charge in [0.05, 0.1) is 0 Å². The van der Waals surface area contributed by atoms with Crippen molar-refractivity contribution in [1.29, 1.82) is 0 Å². The van der Waals surface area contributed by atoms with Gasteiger partial charge in [0.25, 0.3) is 0 Å². The van der Waals surface area contributed by atoms with Crippen LogP contribution in [0.2, 0.25) is 0 Å². The van der Waals surface area contributed by atoms with Gasteiger partial charge in [0.15, 0.2) is 5.16 Å². The summed E-state index contributed by atoms with van der Waals surface area (Å²) in [6.45, 7) is 7.32. The van der Waals surface area contributed by atoms with Crippen LogP contribution in [0.25, 0.3) is 0 Å². The molecule has 1 aromatic heterocycles. The minimum atomic E-state index is 0.303. The van der Waals surface area contributed by atoms with E-state index in [1.807, 2.05) is 12.5 Å². The average molecular weight is 343 g/mol. The van der Waals surface area contributed by atoms with Crippen LogP contribution in [-0.2, 0) is 6.54 Å². The number of thioether (sulfide) groups is 1. The second kappa shape index (κ2) is 7.99. The predicted molar refractivity (Wildman–Crippen MR) is 102 cm³/mol. The molecule has 0 spiro atoms. The van der Waals surface area contributed by atoms with E-state index in [-0.39, 0.29) is 0 Å². The molecule has 4 nitrogen and oxygen atoms in total.